The van der Waals surface area contributed by atoms with Crippen molar-refractivity contribution in [3.8, 4) is 11.4 Å². The Morgan fingerprint density at radius 2 is 2.00 bits per heavy atom. The highest BCUT2D eigenvalue weighted by Crippen LogP contribution is 2.14. The molecule has 1 aromatic heterocycles. The number of rotatable bonds is 7. The van der Waals surface area contributed by atoms with Gasteiger partial charge < -0.3 is 21.3 Å². The van der Waals surface area contributed by atoms with Gasteiger partial charge in [-0.05, 0) is 31.0 Å². The van der Waals surface area contributed by atoms with Crippen LogP contribution in [-0.4, -0.2) is 43.8 Å². The van der Waals surface area contributed by atoms with Crippen LogP contribution < -0.4 is 16.6 Å². The topological polar surface area (TPSA) is 165 Å². The zero-order valence-electron chi connectivity index (χ0n) is 14.4. The molecule has 0 aliphatic heterocycles. The first-order chi connectivity index (χ1) is 12.7. The van der Waals surface area contributed by atoms with Crippen LogP contribution >= 0.6 is 0 Å². The molecule has 0 spiro atoms. The number of nitrogens with one attached hydrogen (secondary N) is 1. The van der Waals surface area contributed by atoms with Crippen LogP contribution in [0.2, 0.25) is 0 Å². The minimum atomic E-state index is -1.41. The first-order valence-corrected chi connectivity index (χ1v) is 7.91. The van der Waals surface area contributed by atoms with Gasteiger partial charge in [0.05, 0.1) is 5.69 Å². The molecule has 1 atom stereocenters. The number of primary amides is 1. The molecule has 142 valence electrons. The minimum Gasteiger partial charge on any atom is -0.505 e. The number of aromatic nitrogens is 2. The normalized spacial score (nSPS) is 11.6. The van der Waals surface area contributed by atoms with E-state index < -0.39 is 40.8 Å². The lowest BCUT2D eigenvalue weighted by atomic mass is 10.1. The van der Waals surface area contributed by atoms with Crippen molar-refractivity contribution in [1.82, 2.24) is 15.1 Å². The Hall–Kier alpha value is -3.69. The summed E-state index contributed by atoms with van der Waals surface area (Å²) in [5.41, 5.74) is 5.01. The molecule has 1 heterocycles. The van der Waals surface area contributed by atoms with E-state index in [4.69, 9.17) is 10.8 Å². The molecule has 0 bridgehead atoms. The van der Waals surface area contributed by atoms with Crippen LogP contribution in [-0.2, 0) is 9.59 Å². The second-order valence-electron chi connectivity index (χ2n) is 5.84. The Kier molecular flexibility index (Phi) is 5.91. The molecule has 1 unspecified atom stereocenters. The predicted molar refractivity (Wildman–Crippen MR) is 93.6 cm³/mol. The molecule has 0 saturated heterocycles. The molecular formula is C17H18N4O6. The Balaban J connectivity index is 2.35. The quantitative estimate of drug-likeness (QED) is 0.516. The summed E-state index contributed by atoms with van der Waals surface area (Å²) in [4.78, 5) is 46.5. The number of aliphatic carboxylic acids is 1. The zero-order chi connectivity index (χ0) is 20.1. The molecule has 10 nitrogen and oxygen atoms in total. The number of aryl methyl sites for hydroxylation is 1. The SMILES string of the molecule is Cc1cccc(-n2nc(C(=O)NC(CCC(N)=O)C(=O)O)c(O)cc2=O)c1. The van der Waals surface area contributed by atoms with Crippen molar-refractivity contribution in [2.75, 3.05) is 0 Å². The smallest absolute Gasteiger partial charge is 0.326 e. The van der Waals surface area contributed by atoms with Crippen LogP contribution in [0.4, 0.5) is 0 Å². The lowest BCUT2D eigenvalue weighted by Gasteiger charge is -2.14. The van der Waals surface area contributed by atoms with E-state index in [2.05, 4.69) is 10.4 Å². The number of carboxylic acids is 1. The van der Waals surface area contributed by atoms with Crippen LogP contribution in [0.3, 0.4) is 0 Å². The summed E-state index contributed by atoms with van der Waals surface area (Å²) in [5.74, 6) is -3.80. The first-order valence-electron chi connectivity index (χ1n) is 7.91. The number of nitrogens with zero attached hydrogens (tertiary/aromatic N) is 2. The van der Waals surface area contributed by atoms with Crippen LogP contribution in [0.1, 0.15) is 28.9 Å². The minimum absolute atomic E-state index is 0.227. The van der Waals surface area contributed by atoms with Gasteiger partial charge in [-0.2, -0.15) is 9.78 Å². The van der Waals surface area contributed by atoms with Gasteiger partial charge in [0.25, 0.3) is 11.5 Å². The maximum Gasteiger partial charge on any atom is 0.326 e. The fourth-order valence-electron chi connectivity index (χ4n) is 2.32. The van der Waals surface area contributed by atoms with E-state index in [1.807, 2.05) is 0 Å². The molecule has 1 aromatic carbocycles. The van der Waals surface area contributed by atoms with Crippen LogP contribution in [0.25, 0.3) is 5.69 Å². The monoisotopic (exact) mass is 374 g/mol. The highest BCUT2D eigenvalue weighted by Gasteiger charge is 2.24. The van der Waals surface area contributed by atoms with E-state index in [0.29, 0.717) is 5.69 Å². The largest absolute Gasteiger partial charge is 0.505 e. The molecule has 5 N–H and O–H groups in total. The summed E-state index contributed by atoms with van der Waals surface area (Å²) in [6, 6.07) is 6.14. The van der Waals surface area contributed by atoms with Crippen molar-refractivity contribution < 1.29 is 24.6 Å². The third-order valence-electron chi connectivity index (χ3n) is 3.66. The van der Waals surface area contributed by atoms with Gasteiger partial charge in [0.15, 0.2) is 11.4 Å². The van der Waals surface area contributed by atoms with Crippen molar-refractivity contribution >= 4 is 17.8 Å². The maximum atomic E-state index is 12.4. The van der Waals surface area contributed by atoms with Gasteiger partial charge in [0.2, 0.25) is 5.91 Å². The van der Waals surface area contributed by atoms with E-state index in [1.54, 1.807) is 31.2 Å². The third-order valence-corrected chi connectivity index (χ3v) is 3.66. The number of carboxylic acid groups (broad SMARTS) is 1. The van der Waals surface area contributed by atoms with Gasteiger partial charge >= 0.3 is 5.97 Å². The molecular weight excluding hydrogens is 356 g/mol. The summed E-state index contributed by atoms with van der Waals surface area (Å²) in [7, 11) is 0. The Labute approximate surface area is 153 Å². The summed E-state index contributed by atoms with van der Waals surface area (Å²) in [5, 5.41) is 25.1. The van der Waals surface area contributed by atoms with E-state index >= 15 is 0 Å². The molecule has 2 amide bonds. The summed E-state index contributed by atoms with van der Waals surface area (Å²) in [6.07, 6.45) is -0.478. The predicted octanol–water partition coefficient (Wildman–Crippen LogP) is -0.305. The Morgan fingerprint density at radius 1 is 1.30 bits per heavy atom. The second kappa shape index (κ2) is 8.13. The average molecular weight is 374 g/mol. The lowest BCUT2D eigenvalue weighted by molar-refractivity contribution is -0.139. The second-order valence-corrected chi connectivity index (χ2v) is 5.84. The van der Waals surface area contributed by atoms with Crippen LogP contribution in [0.15, 0.2) is 35.1 Å². The van der Waals surface area contributed by atoms with Gasteiger partial charge in [0, 0.05) is 12.5 Å². The van der Waals surface area contributed by atoms with Crippen molar-refractivity contribution in [2.24, 2.45) is 5.73 Å². The summed E-state index contributed by atoms with van der Waals surface area (Å²) < 4.78 is 0.917. The van der Waals surface area contributed by atoms with Crippen LogP contribution in [0.5, 0.6) is 5.75 Å². The molecule has 10 heteroatoms. The number of benzene rings is 1. The fraction of sp³-hybridized carbons (Fsp3) is 0.235. The van der Waals surface area contributed by atoms with Crippen molar-refractivity contribution in [2.45, 2.75) is 25.8 Å². The Morgan fingerprint density at radius 3 is 2.59 bits per heavy atom. The number of nitrogens with two attached hydrogens (primary N) is 1. The molecule has 0 radical (unpaired) electrons. The number of aromatic hydroxyl groups is 1. The molecule has 0 aliphatic rings. The molecule has 0 aliphatic carbocycles. The fourth-order valence-corrected chi connectivity index (χ4v) is 2.32. The van der Waals surface area contributed by atoms with Gasteiger partial charge in [-0.15, -0.1) is 0 Å². The molecule has 27 heavy (non-hydrogen) atoms. The number of hydrogen-bond donors (Lipinski definition) is 4. The van der Waals surface area contributed by atoms with Gasteiger partial charge in [0.1, 0.15) is 6.04 Å². The number of amides is 2. The first kappa shape index (κ1) is 19.6. The van der Waals surface area contributed by atoms with Crippen molar-refractivity contribution in [3.05, 3.63) is 51.9 Å². The van der Waals surface area contributed by atoms with E-state index in [9.17, 15) is 24.3 Å². The maximum absolute atomic E-state index is 12.4. The molecule has 2 rings (SSSR count). The molecule has 0 saturated carbocycles. The average Bonchev–Trinajstić information content (AvgIpc) is 2.58. The van der Waals surface area contributed by atoms with Crippen molar-refractivity contribution in [3.63, 3.8) is 0 Å². The lowest BCUT2D eigenvalue weighted by Crippen LogP contribution is -2.42. The summed E-state index contributed by atoms with van der Waals surface area (Å²) >= 11 is 0. The number of carbonyl (C=O) groups is 3. The van der Waals surface area contributed by atoms with Gasteiger partial charge in [-0.3, -0.25) is 14.4 Å². The number of carbonyl (C=O) groups excluding carboxylic acids is 2. The molecule has 2 aromatic rings. The zero-order valence-corrected chi connectivity index (χ0v) is 14.4. The highest BCUT2D eigenvalue weighted by atomic mass is 16.4. The number of hydrogen-bond acceptors (Lipinski definition) is 6. The summed E-state index contributed by atoms with van der Waals surface area (Å²) in [6.45, 7) is 1.80. The van der Waals surface area contributed by atoms with Gasteiger partial charge in [-0.25, -0.2) is 4.79 Å². The van der Waals surface area contributed by atoms with E-state index in [1.165, 1.54) is 0 Å². The van der Waals surface area contributed by atoms with Crippen LogP contribution in [0, 0.1) is 6.92 Å². The third kappa shape index (κ3) is 4.91. The van der Waals surface area contributed by atoms with E-state index in [0.717, 1.165) is 16.3 Å². The molecule has 0 fully saturated rings. The van der Waals surface area contributed by atoms with E-state index in [-0.39, 0.29) is 12.8 Å². The Bertz CT molecular complexity index is 953. The highest BCUT2D eigenvalue weighted by molar-refractivity contribution is 5.97. The van der Waals surface area contributed by atoms with Crippen molar-refractivity contribution in [1.29, 1.82) is 0 Å². The van der Waals surface area contributed by atoms with Gasteiger partial charge in [-0.1, -0.05) is 12.1 Å². The standard InChI is InChI=1S/C17H18N4O6/c1-9-3-2-4-10(7-9)21-14(24)8-12(22)15(20-21)16(25)19-11(17(26)27)5-6-13(18)23/h2-4,7-8,11,22H,5-6H2,1H3,(H2,18,23)(H,19,25)(H,26,27).